The molecule has 142 valence electrons. The molecule has 1 atom stereocenters. The predicted octanol–water partition coefficient (Wildman–Crippen LogP) is 1.79. The van der Waals surface area contributed by atoms with Gasteiger partial charge < -0.3 is 19.9 Å². The van der Waals surface area contributed by atoms with Crippen molar-refractivity contribution in [3.63, 3.8) is 0 Å². The van der Waals surface area contributed by atoms with E-state index in [1.807, 2.05) is 31.2 Å². The van der Waals surface area contributed by atoms with Crippen molar-refractivity contribution >= 4 is 23.5 Å². The Morgan fingerprint density at radius 1 is 1.22 bits per heavy atom. The van der Waals surface area contributed by atoms with Crippen molar-refractivity contribution in [3.05, 3.63) is 42.2 Å². The third-order valence-corrected chi connectivity index (χ3v) is 4.53. The van der Waals surface area contributed by atoms with E-state index in [1.165, 1.54) is 12.4 Å². The summed E-state index contributed by atoms with van der Waals surface area (Å²) in [6.07, 6.45) is 2.97. The first-order valence-corrected chi connectivity index (χ1v) is 8.87. The first-order chi connectivity index (χ1) is 13.0. The molecule has 1 aromatic carbocycles. The highest BCUT2D eigenvalue weighted by molar-refractivity contribution is 6.03. The number of ether oxygens (including phenoxy) is 1. The summed E-state index contributed by atoms with van der Waals surface area (Å²) in [4.78, 5) is 37.1. The number of carbonyl (C=O) groups is 2. The monoisotopic (exact) mass is 369 g/mol. The van der Waals surface area contributed by atoms with E-state index in [9.17, 15) is 9.59 Å². The summed E-state index contributed by atoms with van der Waals surface area (Å²) < 4.78 is 5.15. The van der Waals surface area contributed by atoms with Crippen LogP contribution in [0.3, 0.4) is 0 Å². The van der Waals surface area contributed by atoms with Gasteiger partial charge in [-0.2, -0.15) is 0 Å². The molecule has 2 heterocycles. The number of piperazine rings is 1. The van der Waals surface area contributed by atoms with Gasteiger partial charge in [-0.15, -0.1) is 0 Å². The Labute approximate surface area is 158 Å². The zero-order valence-electron chi connectivity index (χ0n) is 15.7. The maximum Gasteiger partial charge on any atom is 0.257 e. The number of nitrogens with one attached hydrogen (secondary N) is 1. The van der Waals surface area contributed by atoms with Gasteiger partial charge in [-0.05, 0) is 38.1 Å². The van der Waals surface area contributed by atoms with Crippen LogP contribution in [0.4, 0.5) is 11.6 Å². The Hall–Kier alpha value is -3.16. The van der Waals surface area contributed by atoms with Crippen molar-refractivity contribution in [2.45, 2.75) is 19.9 Å². The molecule has 0 radical (unpaired) electrons. The molecule has 0 bridgehead atoms. The third kappa shape index (κ3) is 3.84. The van der Waals surface area contributed by atoms with E-state index in [1.54, 1.807) is 23.8 Å². The van der Waals surface area contributed by atoms with Crippen LogP contribution in [0.25, 0.3) is 0 Å². The van der Waals surface area contributed by atoms with Gasteiger partial charge in [0, 0.05) is 37.7 Å². The summed E-state index contributed by atoms with van der Waals surface area (Å²) >= 11 is 0. The number of aromatic nitrogens is 2. The maximum absolute atomic E-state index is 12.8. The van der Waals surface area contributed by atoms with E-state index >= 15 is 0 Å². The summed E-state index contributed by atoms with van der Waals surface area (Å²) in [5, 5.41) is 2.98. The molecule has 0 saturated carbocycles. The van der Waals surface area contributed by atoms with Crippen LogP contribution in [0.15, 0.2) is 36.7 Å². The van der Waals surface area contributed by atoms with Gasteiger partial charge in [0.1, 0.15) is 11.8 Å². The van der Waals surface area contributed by atoms with Crippen LogP contribution in [0, 0.1) is 0 Å². The molecule has 1 fully saturated rings. The zero-order valence-corrected chi connectivity index (χ0v) is 15.7. The third-order valence-electron chi connectivity index (χ3n) is 4.53. The van der Waals surface area contributed by atoms with Gasteiger partial charge in [0.2, 0.25) is 11.9 Å². The Morgan fingerprint density at radius 3 is 2.48 bits per heavy atom. The van der Waals surface area contributed by atoms with E-state index in [2.05, 4.69) is 15.3 Å². The van der Waals surface area contributed by atoms with Gasteiger partial charge in [0.25, 0.3) is 5.91 Å². The average molecular weight is 369 g/mol. The minimum atomic E-state index is -0.568. The van der Waals surface area contributed by atoms with Crippen molar-refractivity contribution in [2.24, 2.45) is 0 Å². The number of hydrogen-bond acceptors (Lipinski definition) is 6. The Balaban J connectivity index is 1.72. The van der Waals surface area contributed by atoms with Crippen molar-refractivity contribution in [1.29, 1.82) is 0 Å². The second-order valence-electron chi connectivity index (χ2n) is 6.19. The molecule has 2 aromatic rings. The number of hydrogen-bond donors (Lipinski definition) is 1. The van der Waals surface area contributed by atoms with Crippen molar-refractivity contribution in [1.82, 2.24) is 14.9 Å². The van der Waals surface area contributed by atoms with E-state index in [4.69, 9.17) is 4.74 Å². The fourth-order valence-electron chi connectivity index (χ4n) is 3.02. The average Bonchev–Trinajstić information content (AvgIpc) is 2.70. The number of carbonyl (C=O) groups excluding carboxylic acids is 2. The van der Waals surface area contributed by atoms with Gasteiger partial charge in [0.05, 0.1) is 12.7 Å². The lowest BCUT2D eigenvalue weighted by Crippen LogP contribution is -2.57. The van der Waals surface area contributed by atoms with Crippen molar-refractivity contribution in [2.75, 3.05) is 37.0 Å². The quantitative estimate of drug-likeness (QED) is 0.865. The molecular formula is C19H23N5O3. The van der Waals surface area contributed by atoms with Crippen LogP contribution in [-0.4, -0.2) is 59.5 Å². The van der Waals surface area contributed by atoms with Gasteiger partial charge in [-0.1, -0.05) is 0 Å². The zero-order chi connectivity index (χ0) is 19.4. The molecule has 8 heteroatoms. The summed E-state index contributed by atoms with van der Waals surface area (Å²) in [6, 6.07) is 6.74. The van der Waals surface area contributed by atoms with E-state index in [-0.39, 0.29) is 11.8 Å². The van der Waals surface area contributed by atoms with E-state index in [0.717, 1.165) is 11.4 Å². The van der Waals surface area contributed by atoms with Crippen LogP contribution in [0.2, 0.25) is 0 Å². The molecule has 0 spiro atoms. The van der Waals surface area contributed by atoms with Crippen LogP contribution in [-0.2, 0) is 4.79 Å². The first kappa shape index (κ1) is 18.6. The van der Waals surface area contributed by atoms with Crippen LogP contribution in [0.1, 0.15) is 24.2 Å². The fraction of sp³-hybridized carbons (Fsp3) is 0.368. The summed E-state index contributed by atoms with van der Waals surface area (Å²) in [7, 11) is 1.60. The molecule has 2 amide bonds. The number of rotatable bonds is 5. The lowest BCUT2D eigenvalue weighted by atomic mass is 10.1. The van der Waals surface area contributed by atoms with Gasteiger partial charge >= 0.3 is 0 Å². The minimum Gasteiger partial charge on any atom is -0.497 e. The summed E-state index contributed by atoms with van der Waals surface area (Å²) in [5.41, 5.74) is 1.16. The molecule has 3 rings (SSSR count). The van der Waals surface area contributed by atoms with Crippen LogP contribution >= 0.6 is 0 Å². The van der Waals surface area contributed by atoms with Gasteiger partial charge in [0.15, 0.2) is 0 Å². The van der Waals surface area contributed by atoms with Gasteiger partial charge in [-0.3, -0.25) is 9.59 Å². The van der Waals surface area contributed by atoms with Gasteiger partial charge in [-0.25, -0.2) is 9.97 Å². The molecule has 8 nitrogen and oxygen atoms in total. The van der Waals surface area contributed by atoms with Crippen molar-refractivity contribution < 1.29 is 14.3 Å². The highest BCUT2D eigenvalue weighted by Crippen LogP contribution is 2.24. The van der Waals surface area contributed by atoms with E-state index in [0.29, 0.717) is 31.1 Å². The lowest BCUT2D eigenvalue weighted by molar-refractivity contribution is -0.124. The molecular weight excluding hydrogens is 346 g/mol. The Kier molecular flexibility index (Phi) is 5.54. The van der Waals surface area contributed by atoms with Crippen LogP contribution in [0.5, 0.6) is 5.75 Å². The topological polar surface area (TPSA) is 87.7 Å². The molecule has 1 aromatic heterocycles. The first-order valence-electron chi connectivity index (χ1n) is 8.87. The van der Waals surface area contributed by atoms with Crippen molar-refractivity contribution in [3.8, 4) is 5.75 Å². The number of methoxy groups -OCH3 is 1. The highest BCUT2D eigenvalue weighted by Gasteiger charge is 2.35. The standard InChI is InChI=1S/C19H23N5O3/c1-4-20-19-21-11-14(12-22-19)18(26)23-9-10-24(17(25)13(23)2)15-5-7-16(27-3)8-6-15/h5-8,11-13H,4,9-10H2,1-3H3,(H,20,21,22)/t13-/m1/s1. The summed E-state index contributed by atoms with van der Waals surface area (Å²) in [5.74, 6) is 0.842. The number of benzene rings is 1. The molecule has 1 aliphatic heterocycles. The predicted molar refractivity (Wildman–Crippen MR) is 102 cm³/mol. The molecule has 27 heavy (non-hydrogen) atoms. The second kappa shape index (κ2) is 8.03. The van der Waals surface area contributed by atoms with E-state index < -0.39 is 6.04 Å². The summed E-state index contributed by atoms with van der Waals surface area (Å²) in [6.45, 7) is 5.25. The molecule has 1 saturated heterocycles. The maximum atomic E-state index is 12.8. The fourth-order valence-corrected chi connectivity index (χ4v) is 3.02. The molecule has 0 aliphatic carbocycles. The normalized spacial score (nSPS) is 17.0. The Bertz CT molecular complexity index is 807. The number of nitrogens with zero attached hydrogens (tertiary/aromatic N) is 4. The minimum absolute atomic E-state index is 0.120. The SMILES string of the molecule is CCNc1ncc(C(=O)N2CCN(c3ccc(OC)cc3)C(=O)[C@H]2C)cn1. The molecule has 1 N–H and O–H groups in total. The number of amides is 2. The largest absolute Gasteiger partial charge is 0.497 e. The highest BCUT2D eigenvalue weighted by atomic mass is 16.5. The van der Waals surface area contributed by atoms with Crippen LogP contribution < -0.4 is 15.0 Å². The number of anilines is 2. The lowest BCUT2D eigenvalue weighted by Gasteiger charge is -2.39. The Morgan fingerprint density at radius 2 is 1.89 bits per heavy atom. The second-order valence-corrected chi connectivity index (χ2v) is 6.19. The molecule has 1 aliphatic rings. The smallest absolute Gasteiger partial charge is 0.257 e. The molecule has 0 unspecified atom stereocenters.